The number of phenols is 2. The van der Waals surface area contributed by atoms with E-state index in [4.69, 9.17) is 0 Å². The lowest BCUT2D eigenvalue weighted by Gasteiger charge is -2.06. The minimum Gasteiger partial charge on any atom is -0.504 e. The second kappa shape index (κ2) is 8.90. The molecule has 4 nitrogen and oxygen atoms in total. The maximum Gasteiger partial charge on any atom is 0.175 e. The van der Waals surface area contributed by atoms with Gasteiger partial charge in [-0.05, 0) is 39.6 Å². The lowest BCUT2D eigenvalue weighted by molar-refractivity contribution is 0.403. The van der Waals surface area contributed by atoms with E-state index in [1.165, 1.54) is 28.5 Å². The van der Waals surface area contributed by atoms with Crippen molar-refractivity contribution in [3.8, 4) is 11.5 Å². The van der Waals surface area contributed by atoms with E-state index in [1.807, 2.05) is 0 Å². The topological polar surface area (TPSA) is 66.2 Å². The molecule has 0 bridgehead atoms. The van der Waals surface area contributed by atoms with Gasteiger partial charge in [-0.3, -0.25) is 0 Å². The van der Waals surface area contributed by atoms with Crippen LogP contribution in [0.1, 0.15) is 11.1 Å². The molecule has 7 heteroatoms. The minimum atomic E-state index is -0.142. The molecule has 0 saturated carbocycles. The molecular weight excluding hydrogens is 420 g/mol. The van der Waals surface area contributed by atoms with Crippen LogP contribution in [0.2, 0.25) is 0 Å². The van der Waals surface area contributed by atoms with Gasteiger partial charge in [0.05, 0.1) is 0 Å². The van der Waals surface area contributed by atoms with Crippen molar-refractivity contribution in [3.05, 3.63) is 78.4 Å². The molecule has 146 valence electrons. The largest absolute Gasteiger partial charge is 0.504 e. The summed E-state index contributed by atoms with van der Waals surface area (Å²) in [5.74, 6) is 1.20. The molecule has 29 heavy (non-hydrogen) atoms. The number of rotatable bonds is 7. The smallest absolute Gasteiger partial charge is 0.175 e. The lowest BCUT2D eigenvalue weighted by atomic mass is 10.1. The standard InChI is InChI=1S/C22H18N2O2S3/c1-14(16-9-10-19(25)20(26)11-16)12-27-21-23-24-22(29-21)28-13-17-7-4-6-15-5-2-3-8-18(15)17/h2-11,25-26H,1,12-13H2. The zero-order valence-electron chi connectivity index (χ0n) is 15.4. The van der Waals surface area contributed by atoms with Gasteiger partial charge in [-0.1, -0.05) is 90.0 Å². The summed E-state index contributed by atoms with van der Waals surface area (Å²) in [6.45, 7) is 4.06. The molecule has 0 saturated heterocycles. The van der Waals surface area contributed by atoms with Crippen LogP contribution in [0.15, 0.2) is 75.9 Å². The van der Waals surface area contributed by atoms with E-state index in [9.17, 15) is 10.2 Å². The summed E-state index contributed by atoms with van der Waals surface area (Å²) in [5.41, 5.74) is 2.94. The van der Waals surface area contributed by atoms with E-state index in [2.05, 4.69) is 59.2 Å². The molecule has 0 amide bonds. The lowest BCUT2D eigenvalue weighted by Crippen LogP contribution is -1.86. The van der Waals surface area contributed by atoms with Gasteiger partial charge in [0.25, 0.3) is 0 Å². The third-order valence-corrected chi connectivity index (χ3v) is 7.70. The fraction of sp³-hybridized carbons (Fsp3) is 0.0909. The number of thioether (sulfide) groups is 2. The summed E-state index contributed by atoms with van der Waals surface area (Å²) in [5, 5.41) is 30.1. The average Bonchev–Trinajstić information content (AvgIpc) is 3.20. The van der Waals surface area contributed by atoms with Crippen LogP contribution in [0.25, 0.3) is 16.3 Å². The Hall–Kier alpha value is -2.48. The normalized spacial score (nSPS) is 11.0. The van der Waals surface area contributed by atoms with Crippen molar-refractivity contribution in [1.29, 1.82) is 0 Å². The minimum absolute atomic E-state index is 0.133. The first-order valence-corrected chi connectivity index (χ1v) is 11.6. The average molecular weight is 439 g/mol. The second-order valence-electron chi connectivity index (χ2n) is 6.36. The molecule has 0 fully saturated rings. The van der Waals surface area contributed by atoms with Gasteiger partial charge in [-0.15, -0.1) is 10.2 Å². The molecule has 0 radical (unpaired) electrons. The van der Waals surface area contributed by atoms with Crippen molar-refractivity contribution in [3.63, 3.8) is 0 Å². The van der Waals surface area contributed by atoms with Crippen molar-refractivity contribution >= 4 is 51.2 Å². The zero-order chi connectivity index (χ0) is 20.2. The molecule has 3 aromatic carbocycles. The maximum atomic E-state index is 9.64. The Labute approximate surface area is 181 Å². The van der Waals surface area contributed by atoms with Crippen LogP contribution in [-0.4, -0.2) is 26.2 Å². The first-order valence-electron chi connectivity index (χ1n) is 8.86. The highest BCUT2D eigenvalue weighted by Gasteiger charge is 2.10. The Morgan fingerprint density at radius 2 is 1.66 bits per heavy atom. The number of hydrogen-bond donors (Lipinski definition) is 2. The van der Waals surface area contributed by atoms with Gasteiger partial charge in [0.1, 0.15) is 0 Å². The molecule has 0 aliphatic carbocycles. The van der Waals surface area contributed by atoms with Gasteiger partial charge in [0.15, 0.2) is 20.2 Å². The van der Waals surface area contributed by atoms with Crippen molar-refractivity contribution in [2.24, 2.45) is 0 Å². The van der Waals surface area contributed by atoms with Gasteiger partial charge in [0.2, 0.25) is 0 Å². The highest BCUT2D eigenvalue weighted by molar-refractivity contribution is 8.03. The molecule has 0 aliphatic rings. The number of nitrogens with zero attached hydrogens (tertiary/aromatic N) is 2. The third kappa shape index (κ3) is 4.75. The molecule has 0 spiro atoms. The summed E-state index contributed by atoms with van der Waals surface area (Å²) in [7, 11) is 0. The predicted molar refractivity (Wildman–Crippen MR) is 123 cm³/mol. The van der Waals surface area contributed by atoms with E-state index < -0.39 is 0 Å². The molecule has 0 atom stereocenters. The first-order chi connectivity index (χ1) is 14.1. The monoisotopic (exact) mass is 438 g/mol. The van der Waals surface area contributed by atoms with Gasteiger partial charge < -0.3 is 10.2 Å². The molecule has 4 aromatic rings. The van der Waals surface area contributed by atoms with E-state index >= 15 is 0 Å². The van der Waals surface area contributed by atoms with Gasteiger partial charge in [-0.2, -0.15) is 0 Å². The predicted octanol–water partition coefficient (Wildman–Crippen LogP) is 6.20. The highest BCUT2D eigenvalue weighted by Crippen LogP contribution is 2.35. The Bertz CT molecular complexity index is 1170. The maximum absolute atomic E-state index is 9.64. The molecule has 1 aromatic heterocycles. The van der Waals surface area contributed by atoms with Crippen molar-refractivity contribution in [1.82, 2.24) is 10.2 Å². The van der Waals surface area contributed by atoms with Gasteiger partial charge in [-0.25, -0.2) is 0 Å². The summed E-state index contributed by atoms with van der Waals surface area (Å²) in [4.78, 5) is 0. The van der Waals surface area contributed by atoms with E-state index in [-0.39, 0.29) is 11.5 Å². The van der Waals surface area contributed by atoms with Crippen molar-refractivity contribution < 1.29 is 10.2 Å². The van der Waals surface area contributed by atoms with Gasteiger partial charge >= 0.3 is 0 Å². The van der Waals surface area contributed by atoms with Gasteiger partial charge in [0, 0.05) is 11.5 Å². The summed E-state index contributed by atoms with van der Waals surface area (Å²) >= 11 is 4.83. The third-order valence-electron chi connectivity index (χ3n) is 4.37. The molecule has 0 aliphatic heterocycles. The van der Waals surface area contributed by atoms with Crippen LogP contribution in [0, 0.1) is 0 Å². The van der Waals surface area contributed by atoms with Crippen LogP contribution in [-0.2, 0) is 5.75 Å². The quantitative estimate of drug-likeness (QED) is 0.264. The number of hydrogen-bond acceptors (Lipinski definition) is 7. The zero-order valence-corrected chi connectivity index (χ0v) is 17.9. The SMILES string of the molecule is C=C(CSc1nnc(SCc2cccc3ccccc23)s1)c1ccc(O)c(O)c1. The van der Waals surface area contributed by atoms with E-state index in [1.54, 1.807) is 40.9 Å². The number of benzene rings is 3. The molecular formula is C22H18N2O2S3. The molecule has 2 N–H and O–H groups in total. The van der Waals surface area contributed by atoms with Crippen LogP contribution in [0.3, 0.4) is 0 Å². The Kier molecular flexibility index (Phi) is 6.08. The number of phenolic OH excluding ortho intramolecular Hbond substituents is 2. The number of aromatic hydroxyl groups is 2. The van der Waals surface area contributed by atoms with E-state index in [0.29, 0.717) is 5.75 Å². The summed E-state index contributed by atoms with van der Waals surface area (Å²) in [6, 6.07) is 19.5. The van der Waals surface area contributed by atoms with Crippen molar-refractivity contribution in [2.75, 3.05) is 5.75 Å². The fourth-order valence-electron chi connectivity index (χ4n) is 2.85. The second-order valence-corrected chi connectivity index (χ2v) is 9.78. The first kappa shape index (κ1) is 19.8. The van der Waals surface area contributed by atoms with Crippen LogP contribution >= 0.6 is 34.9 Å². The summed E-state index contributed by atoms with van der Waals surface area (Å²) < 4.78 is 1.82. The van der Waals surface area contributed by atoms with Crippen LogP contribution in [0.5, 0.6) is 11.5 Å². The van der Waals surface area contributed by atoms with Crippen LogP contribution in [0.4, 0.5) is 0 Å². The fourth-order valence-corrected chi connectivity index (χ4v) is 5.81. The number of fused-ring (bicyclic) bond motifs is 1. The Morgan fingerprint density at radius 3 is 2.48 bits per heavy atom. The molecule has 4 rings (SSSR count). The Balaban J connectivity index is 1.36. The molecule has 1 heterocycles. The summed E-state index contributed by atoms with van der Waals surface area (Å²) in [6.07, 6.45) is 0. The number of aromatic nitrogens is 2. The highest BCUT2D eigenvalue weighted by atomic mass is 32.2. The van der Waals surface area contributed by atoms with Crippen LogP contribution < -0.4 is 0 Å². The molecule has 0 unspecified atom stereocenters. The van der Waals surface area contributed by atoms with E-state index in [0.717, 1.165) is 25.6 Å². The van der Waals surface area contributed by atoms with Crippen molar-refractivity contribution in [2.45, 2.75) is 14.4 Å². The Morgan fingerprint density at radius 1 is 0.897 bits per heavy atom.